The summed E-state index contributed by atoms with van der Waals surface area (Å²) in [5.74, 6) is -1.02. The minimum Gasteiger partial charge on any atom is -0.481 e. The van der Waals surface area contributed by atoms with Gasteiger partial charge in [-0.05, 0) is 56.6 Å². The van der Waals surface area contributed by atoms with Gasteiger partial charge in [-0.15, -0.1) is 11.8 Å². The topological polar surface area (TPSA) is 66.4 Å². The van der Waals surface area contributed by atoms with E-state index in [2.05, 4.69) is 5.32 Å². The monoisotopic (exact) mass is 307 g/mol. The fourth-order valence-corrected chi connectivity index (χ4v) is 3.16. The largest absolute Gasteiger partial charge is 0.481 e. The molecule has 0 unspecified atom stereocenters. The Bertz CT molecular complexity index is 536. The third-order valence-corrected chi connectivity index (χ3v) is 4.83. The lowest BCUT2D eigenvalue weighted by molar-refractivity contribution is -0.142. The lowest BCUT2D eigenvalue weighted by Crippen LogP contribution is -2.39. The van der Waals surface area contributed by atoms with Gasteiger partial charge in [0.1, 0.15) is 0 Å². The van der Waals surface area contributed by atoms with Gasteiger partial charge in [0.2, 0.25) is 0 Å². The number of hydrogen-bond donors (Lipinski definition) is 2. The first kappa shape index (κ1) is 15.9. The summed E-state index contributed by atoms with van der Waals surface area (Å²) in [6.07, 6.45) is 4.75. The molecule has 1 aliphatic rings. The molecular formula is C16H21NO3S. The van der Waals surface area contributed by atoms with Crippen molar-refractivity contribution in [2.45, 2.75) is 43.5 Å². The van der Waals surface area contributed by atoms with Crippen molar-refractivity contribution in [3.8, 4) is 0 Å². The second kappa shape index (κ2) is 6.98. The molecule has 21 heavy (non-hydrogen) atoms. The number of carbonyl (C=O) groups excluding carboxylic acids is 1. The molecule has 0 bridgehead atoms. The van der Waals surface area contributed by atoms with Gasteiger partial charge < -0.3 is 10.4 Å². The number of hydrogen-bond acceptors (Lipinski definition) is 3. The molecule has 2 rings (SSSR count). The van der Waals surface area contributed by atoms with Crippen LogP contribution in [0.2, 0.25) is 0 Å². The Morgan fingerprint density at radius 1 is 1.24 bits per heavy atom. The Morgan fingerprint density at radius 2 is 1.90 bits per heavy atom. The SMILES string of the molecule is CSc1ccc(C)c(C(=O)NC2CCC(C(=O)O)CC2)c1. The molecule has 4 nitrogen and oxygen atoms in total. The van der Waals surface area contributed by atoms with Gasteiger partial charge in [-0.3, -0.25) is 9.59 Å². The summed E-state index contributed by atoms with van der Waals surface area (Å²) in [7, 11) is 0. The minimum atomic E-state index is -0.719. The summed E-state index contributed by atoms with van der Waals surface area (Å²) < 4.78 is 0. The van der Waals surface area contributed by atoms with Crippen LogP contribution in [-0.2, 0) is 4.79 Å². The number of benzene rings is 1. The van der Waals surface area contributed by atoms with E-state index in [1.54, 1.807) is 11.8 Å². The predicted molar refractivity (Wildman–Crippen MR) is 83.8 cm³/mol. The fraction of sp³-hybridized carbons (Fsp3) is 0.500. The Morgan fingerprint density at radius 3 is 2.48 bits per heavy atom. The lowest BCUT2D eigenvalue weighted by atomic mass is 9.86. The molecule has 114 valence electrons. The van der Waals surface area contributed by atoms with Gasteiger partial charge >= 0.3 is 5.97 Å². The number of rotatable bonds is 4. The average Bonchev–Trinajstić information content (AvgIpc) is 2.48. The molecule has 1 fully saturated rings. The molecule has 2 N–H and O–H groups in total. The van der Waals surface area contributed by atoms with E-state index in [1.807, 2.05) is 31.4 Å². The zero-order valence-corrected chi connectivity index (χ0v) is 13.2. The highest BCUT2D eigenvalue weighted by molar-refractivity contribution is 7.98. The maximum Gasteiger partial charge on any atom is 0.306 e. The molecule has 0 aromatic heterocycles. The van der Waals surface area contributed by atoms with E-state index in [9.17, 15) is 9.59 Å². The summed E-state index contributed by atoms with van der Waals surface area (Å²) in [5.41, 5.74) is 1.67. The summed E-state index contributed by atoms with van der Waals surface area (Å²) in [5, 5.41) is 12.0. The van der Waals surface area contributed by atoms with Crippen LogP contribution in [0, 0.1) is 12.8 Å². The number of thioether (sulfide) groups is 1. The number of aliphatic carboxylic acids is 1. The van der Waals surface area contributed by atoms with Crippen LogP contribution in [0.1, 0.15) is 41.6 Å². The second-order valence-electron chi connectivity index (χ2n) is 5.54. The highest BCUT2D eigenvalue weighted by Crippen LogP contribution is 2.25. The van der Waals surface area contributed by atoms with E-state index < -0.39 is 5.97 Å². The van der Waals surface area contributed by atoms with Crippen molar-refractivity contribution < 1.29 is 14.7 Å². The van der Waals surface area contributed by atoms with E-state index in [1.165, 1.54) is 0 Å². The molecule has 0 radical (unpaired) electrons. The van der Waals surface area contributed by atoms with E-state index in [-0.39, 0.29) is 17.9 Å². The van der Waals surface area contributed by atoms with Crippen molar-refractivity contribution in [3.05, 3.63) is 29.3 Å². The molecule has 1 amide bonds. The van der Waals surface area contributed by atoms with Gasteiger partial charge in [-0.1, -0.05) is 6.07 Å². The Hall–Kier alpha value is -1.49. The quantitative estimate of drug-likeness (QED) is 0.839. The molecule has 0 heterocycles. The highest BCUT2D eigenvalue weighted by Gasteiger charge is 2.27. The van der Waals surface area contributed by atoms with E-state index in [0.29, 0.717) is 18.4 Å². The van der Waals surface area contributed by atoms with Crippen LogP contribution >= 0.6 is 11.8 Å². The molecule has 1 aromatic rings. The Kier molecular flexibility index (Phi) is 5.28. The van der Waals surface area contributed by atoms with Gasteiger partial charge in [0.05, 0.1) is 5.92 Å². The molecule has 1 aliphatic carbocycles. The second-order valence-corrected chi connectivity index (χ2v) is 6.42. The van der Waals surface area contributed by atoms with Crippen molar-refractivity contribution in [1.82, 2.24) is 5.32 Å². The first-order chi connectivity index (χ1) is 10.0. The zero-order valence-electron chi connectivity index (χ0n) is 12.4. The van der Waals surface area contributed by atoms with Crippen molar-refractivity contribution in [2.24, 2.45) is 5.92 Å². The number of nitrogens with one attached hydrogen (secondary N) is 1. The van der Waals surface area contributed by atoms with Crippen LogP contribution in [0.25, 0.3) is 0 Å². The molecule has 1 saturated carbocycles. The number of carboxylic acids is 1. The third-order valence-electron chi connectivity index (χ3n) is 4.10. The summed E-state index contributed by atoms with van der Waals surface area (Å²) >= 11 is 1.61. The lowest BCUT2D eigenvalue weighted by Gasteiger charge is -2.27. The van der Waals surface area contributed by atoms with Crippen molar-refractivity contribution in [3.63, 3.8) is 0 Å². The van der Waals surface area contributed by atoms with Crippen LogP contribution in [0.5, 0.6) is 0 Å². The van der Waals surface area contributed by atoms with Crippen LogP contribution in [0.3, 0.4) is 0 Å². The van der Waals surface area contributed by atoms with Gasteiger partial charge in [0.25, 0.3) is 5.91 Å². The van der Waals surface area contributed by atoms with Crippen LogP contribution in [-0.4, -0.2) is 29.3 Å². The maximum atomic E-state index is 12.4. The number of carbonyl (C=O) groups is 2. The molecule has 0 aliphatic heterocycles. The van der Waals surface area contributed by atoms with Gasteiger partial charge in [-0.25, -0.2) is 0 Å². The standard InChI is InChI=1S/C16H21NO3S/c1-10-3-8-13(21-2)9-14(10)15(18)17-12-6-4-11(5-7-12)16(19)20/h3,8-9,11-12H,4-7H2,1-2H3,(H,17,18)(H,19,20). The highest BCUT2D eigenvalue weighted by atomic mass is 32.2. The predicted octanol–water partition coefficient (Wildman–Crippen LogP) is 3.09. The number of aryl methyl sites for hydroxylation is 1. The fourth-order valence-electron chi connectivity index (χ4n) is 2.72. The number of carboxylic acid groups (broad SMARTS) is 1. The molecule has 1 aromatic carbocycles. The van der Waals surface area contributed by atoms with Gasteiger partial charge in [0, 0.05) is 16.5 Å². The zero-order chi connectivity index (χ0) is 15.4. The van der Waals surface area contributed by atoms with Crippen molar-refractivity contribution in [1.29, 1.82) is 0 Å². The summed E-state index contributed by atoms with van der Waals surface area (Å²) in [6.45, 7) is 1.93. The Labute approximate surface area is 129 Å². The third kappa shape index (κ3) is 4.00. The van der Waals surface area contributed by atoms with Gasteiger partial charge in [-0.2, -0.15) is 0 Å². The number of amides is 1. The molecule has 0 spiro atoms. The maximum absolute atomic E-state index is 12.4. The van der Waals surface area contributed by atoms with Crippen LogP contribution in [0.4, 0.5) is 0 Å². The van der Waals surface area contributed by atoms with E-state index in [0.717, 1.165) is 23.3 Å². The molecule has 0 atom stereocenters. The van der Waals surface area contributed by atoms with E-state index in [4.69, 9.17) is 5.11 Å². The van der Waals surface area contributed by atoms with E-state index >= 15 is 0 Å². The first-order valence-electron chi connectivity index (χ1n) is 7.19. The summed E-state index contributed by atoms with van der Waals surface area (Å²) in [4.78, 5) is 24.4. The van der Waals surface area contributed by atoms with Crippen molar-refractivity contribution >= 4 is 23.6 Å². The van der Waals surface area contributed by atoms with Crippen LogP contribution in [0.15, 0.2) is 23.1 Å². The first-order valence-corrected chi connectivity index (χ1v) is 8.42. The molecule has 0 saturated heterocycles. The minimum absolute atomic E-state index is 0.0535. The van der Waals surface area contributed by atoms with Crippen LogP contribution < -0.4 is 5.32 Å². The normalized spacial score (nSPS) is 21.8. The van der Waals surface area contributed by atoms with Crippen molar-refractivity contribution in [2.75, 3.05) is 6.26 Å². The average molecular weight is 307 g/mol. The van der Waals surface area contributed by atoms with Gasteiger partial charge in [0.15, 0.2) is 0 Å². The smallest absolute Gasteiger partial charge is 0.306 e. The molecular weight excluding hydrogens is 286 g/mol. The summed E-state index contributed by atoms with van der Waals surface area (Å²) in [6, 6.07) is 5.97. The Balaban J connectivity index is 1.98. The molecule has 5 heteroatoms.